The molecular weight excluding hydrogens is 379 g/mol. The molecule has 0 saturated carbocycles. The van der Waals surface area contributed by atoms with Crippen molar-refractivity contribution in [2.75, 3.05) is 11.4 Å². The molecule has 2 unspecified atom stereocenters. The van der Waals surface area contributed by atoms with Crippen molar-refractivity contribution in [3.05, 3.63) is 26.7 Å². The van der Waals surface area contributed by atoms with E-state index in [1.807, 2.05) is 13.8 Å². The quantitative estimate of drug-likeness (QED) is 0.797. The van der Waals surface area contributed by atoms with Gasteiger partial charge in [0, 0.05) is 4.47 Å². The summed E-state index contributed by atoms with van der Waals surface area (Å²) in [5, 5.41) is 3.33. The summed E-state index contributed by atoms with van der Waals surface area (Å²) in [4.78, 5) is 25.9. The Morgan fingerprint density at radius 1 is 1.38 bits per heavy atom. The molecule has 7 heteroatoms. The SMILES string of the molecule is CCC(C)C1NC(=O)CN(c2ccc(Br)c(Cl)c2Cl)C1=O. The molecule has 21 heavy (non-hydrogen) atoms. The van der Waals surface area contributed by atoms with Gasteiger partial charge in [-0.15, -0.1) is 0 Å². The van der Waals surface area contributed by atoms with Gasteiger partial charge >= 0.3 is 0 Å². The van der Waals surface area contributed by atoms with Crippen LogP contribution < -0.4 is 10.2 Å². The molecule has 2 rings (SSSR count). The summed E-state index contributed by atoms with van der Waals surface area (Å²) in [6.45, 7) is 3.86. The predicted molar refractivity (Wildman–Crippen MR) is 87.9 cm³/mol. The number of hydrogen-bond donors (Lipinski definition) is 1. The van der Waals surface area contributed by atoms with Crippen LogP contribution in [-0.2, 0) is 9.59 Å². The Labute approximate surface area is 141 Å². The number of piperazine rings is 1. The van der Waals surface area contributed by atoms with Crippen LogP contribution in [0, 0.1) is 5.92 Å². The summed E-state index contributed by atoms with van der Waals surface area (Å²) in [7, 11) is 0. The number of nitrogens with zero attached hydrogens (tertiary/aromatic N) is 1. The lowest BCUT2D eigenvalue weighted by atomic mass is 9.96. The highest BCUT2D eigenvalue weighted by atomic mass is 79.9. The van der Waals surface area contributed by atoms with E-state index in [1.54, 1.807) is 12.1 Å². The van der Waals surface area contributed by atoms with E-state index in [1.165, 1.54) is 4.90 Å². The first-order chi connectivity index (χ1) is 9.86. The van der Waals surface area contributed by atoms with Gasteiger partial charge in [-0.05, 0) is 34.0 Å². The Balaban J connectivity index is 2.41. The fourth-order valence-electron chi connectivity index (χ4n) is 2.22. The third-order valence-corrected chi connectivity index (χ3v) is 5.43. The molecule has 0 aliphatic carbocycles. The van der Waals surface area contributed by atoms with Crippen LogP contribution in [0.2, 0.25) is 10.0 Å². The first-order valence-corrected chi connectivity index (χ1v) is 8.16. The van der Waals surface area contributed by atoms with Gasteiger partial charge in [-0.1, -0.05) is 43.5 Å². The van der Waals surface area contributed by atoms with Crippen LogP contribution in [-0.4, -0.2) is 24.4 Å². The first kappa shape index (κ1) is 16.6. The van der Waals surface area contributed by atoms with Gasteiger partial charge in [0.05, 0.1) is 15.7 Å². The van der Waals surface area contributed by atoms with E-state index < -0.39 is 6.04 Å². The molecule has 114 valence electrons. The van der Waals surface area contributed by atoms with E-state index in [2.05, 4.69) is 21.2 Å². The van der Waals surface area contributed by atoms with E-state index in [0.717, 1.165) is 6.42 Å². The van der Waals surface area contributed by atoms with E-state index >= 15 is 0 Å². The van der Waals surface area contributed by atoms with Crippen LogP contribution in [0.15, 0.2) is 16.6 Å². The molecular formula is C14H15BrCl2N2O2. The van der Waals surface area contributed by atoms with Crippen molar-refractivity contribution in [3.63, 3.8) is 0 Å². The van der Waals surface area contributed by atoms with Gasteiger partial charge in [-0.3, -0.25) is 14.5 Å². The van der Waals surface area contributed by atoms with Gasteiger partial charge in [-0.25, -0.2) is 0 Å². The largest absolute Gasteiger partial charge is 0.342 e. The minimum Gasteiger partial charge on any atom is -0.342 e. The van der Waals surface area contributed by atoms with Crippen molar-refractivity contribution in [3.8, 4) is 0 Å². The molecule has 0 spiro atoms. The lowest BCUT2D eigenvalue weighted by Gasteiger charge is -2.35. The molecule has 0 bridgehead atoms. The lowest BCUT2D eigenvalue weighted by Crippen LogP contribution is -2.60. The smallest absolute Gasteiger partial charge is 0.250 e. The molecule has 1 aliphatic rings. The summed E-state index contributed by atoms with van der Waals surface area (Å²) < 4.78 is 0.644. The molecule has 1 saturated heterocycles. The van der Waals surface area contributed by atoms with Crippen molar-refractivity contribution in [1.82, 2.24) is 5.32 Å². The van der Waals surface area contributed by atoms with Crippen LogP contribution in [0.4, 0.5) is 5.69 Å². The summed E-state index contributed by atoms with van der Waals surface area (Å²) in [6.07, 6.45) is 0.791. The van der Waals surface area contributed by atoms with Crippen LogP contribution in [0.25, 0.3) is 0 Å². The highest BCUT2D eigenvalue weighted by molar-refractivity contribution is 9.10. The van der Waals surface area contributed by atoms with Crippen LogP contribution in [0.1, 0.15) is 20.3 Å². The molecule has 2 atom stereocenters. The summed E-state index contributed by atoms with van der Waals surface area (Å²) in [5.41, 5.74) is 0.456. The molecule has 4 nitrogen and oxygen atoms in total. The molecule has 1 fully saturated rings. The average Bonchev–Trinajstić information content (AvgIpc) is 2.46. The third-order valence-electron chi connectivity index (χ3n) is 3.67. The second-order valence-corrected chi connectivity index (χ2v) is 6.66. The maximum Gasteiger partial charge on any atom is 0.250 e. The maximum atomic E-state index is 12.6. The standard InChI is InChI=1S/C14H15BrCl2N2O2/c1-3-7(2)13-14(21)19(6-10(20)18-13)9-5-4-8(15)11(16)12(9)17/h4-5,7,13H,3,6H2,1-2H3,(H,18,20). The van der Waals surface area contributed by atoms with Gasteiger partial charge < -0.3 is 5.32 Å². The fraction of sp³-hybridized carbons (Fsp3) is 0.429. The Kier molecular flexibility index (Phi) is 5.17. The second kappa shape index (κ2) is 6.55. The van der Waals surface area contributed by atoms with Crippen molar-refractivity contribution < 1.29 is 9.59 Å². The van der Waals surface area contributed by atoms with E-state index in [0.29, 0.717) is 15.2 Å². The molecule has 0 radical (unpaired) electrons. The number of halogens is 3. The topological polar surface area (TPSA) is 49.4 Å². The molecule has 1 N–H and O–H groups in total. The van der Waals surface area contributed by atoms with Gasteiger partial charge in [0.15, 0.2) is 0 Å². The molecule has 2 amide bonds. The first-order valence-electron chi connectivity index (χ1n) is 6.61. The highest BCUT2D eigenvalue weighted by Gasteiger charge is 2.37. The second-order valence-electron chi connectivity index (χ2n) is 5.05. The summed E-state index contributed by atoms with van der Waals surface area (Å²) >= 11 is 15.6. The maximum absolute atomic E-state index is 12.6. The Morgan fingerprint density at radius 2 is 2.05 bits per heavy atom. The van der Waals surface area contributed by atoms with Gasteiger partial charge in [0.2, 0.25) is 11.8 Å². The molecule has 1 aromatic rings. The average molecular weight is 394 g/mol. The van der Waals surface area contributed by atoms with Crippen molar-refractivity contribution in [2.45, 2.75) is 26.3 Å². The minimum absolute atomic E-state index is 0.0499. The van der Waals surface area contributed by atoms with Crippen molar-refractivity contribution in [2.24, 2.45) is 5.92 Å². The third kappa shape index (κ3) is 3.20. The number of rotatable bonds is 3. The number of benzene rings is 1. The zero-order valence-electron chi connectivity index (χ0n) is 11.6. The summed E-state index contributed by atoms with van der Waals surface area (Å²) in [6, 6.07) is 2.86. The Hall–Kier alpha value is -0.780. The van der Waals surface area contributed by atoms with Gasteiger partial charge in [-0.2, -0.15) is 0 Å². The number of carbonyl (C=O) groups is 2. The fourth-order valence-corrected chi connectivity index (χ4v) is 3.09. The van der Waals surface area contributed by atoms with Crippen LogP contribution >= 0.6 is 39.1 Å². The predicted octanol–water partition coefficient (Wildman–Crippen LogP) is 3.63. The van der Waals surface area contributed by atoms with Gasteiger partial charge in [0.25, 0.3) is 0 Å². The summed E-state index contributed by atoms with van der Waals surface area (Å²) in [5.74, 6) is -0.312. The number of amides is 2. The van der Waals surface area contributed by atoms with Crippen LogP contribution in [0.5, 0.6) is 0 Å². The lowest BCUT2D eigenvalue weighted by molar-refractivity contribution is -0.132. The van der Waals surface area contributed by atoms with E-state index in [9.17, 15) is 9.59 Å². The zero-order chi connectivity index (χ0) is 15.7. The monoisotopic (exact) mass is 392 g/mol. The number of hydrogen-bond acceptors (Lipinski definition) is 2. The van der Waals surface area contributed by atoms with Crippen LogP contribution in [0.3, 0.4) is 0 Å². The zero-order valence-corrected chi connectivity index (χ0v) is 14.7. The number of carbonyl (C=O) groups excluding carboxylic acids is 2. The van der Waals surface area contributed by atoms with Gasteiger partial charge in [0.1, 0.15) is 12.6 Å². The van der Waals surface area contributed by atoms with Crippen molar-refractivity contribution >= 4 is 56.6 Å². The molecule has 1 aliphatic heterocycles. The Bertz CT molecular complexity index is 595. The van der Waals surface area contributed by atoms with E-state index in [-0.39, 0.29) is 29.3 Å². The minimum atomic E-state index is -0.533. The molecule has 1 aromatic carbocycles. The number of nitrogens with one attached hydrogen (secondary N) is 1. The molecule has 1 heterocycles. The normalized spacial score (nSPS) is 20.4. The Morgan fingerprint density at radius 3 is 2.67 bits per heavy atom. The van der Waals surface area contributed by atoms with Crippen molar-refractivity contribution in [1.29, 1.82) is 0 Å². The molecule has 0 aromatic heterocycles. The number of anilines is 1. The highest BCUT2D eigenvalue weighted by Crippen LogP contribution is 2.38. The van der Waals surface area contributed by atoms with E-state index in [4.69, 9.17) is 23.2 Å².